The van der Waals surface area contributed by atoms with Gasteiger partial charge in [0.15, 0.2) is 5.82 Å². The Hall–Kier alpha value is -4.32. The van der Waals surface area contributed by atoms with Crippen molar-refractivity contribution in [3.8, 4) is 22.5 Å². The van der Waals surface area contributed by atoms with Gasteiger partial charge in [-0.15, -0.1) is 0 Å². The summed E-state index contributed by atoms with van der Waals surface area (Å²) in [5.41, 5.74) is 8.00. The van der Waals surface area contributed by atoms with Gasteiger partial charge in [0.1, 0.15) is 11.6 Å². The summed E-state index contributed by atoms with van der Waals surface area (Å²) in [5, 5.41) is 0. The van der Waals surface area contributed by atoms with E-state index < -0.39 is 0 Å². The lowest BCUT2D eigenvalue weighted by atomic mass is 10.1. The van der Waals surface area contributed by atoms with Gasteiger partial charge in [-0.1, -0.05) is 59.7 Å². The lowest BCUT2D eigenvalue weighted by Crippen LogP contribution is -1.88. The Balaban J connectivity index is 0.000000157. The van der Waals surface area contributed by atoms with E-state index in [1.807, 2.05) is 77.0 Å². The first-order valence-corrected chi connectivity index (χ1v) is 11.8. The molecule has 3 aromatic heterocycles. The number of hydrogen-bond donors (Lipinski definition) is 0. The SMILES string of the molecule is Cc1ccc(-c2cnc(C)nc2)cc1.Cc1ccc(-c2ncc(C)cn2)cc1.Cc1cnc(C)nc1. The molecular formula is C30H32N6. The van der Waals surface area contributed by atoms with Gasteiger partial charge in [-0.25, -0.2) is 29.9 Å². The minimum Gasteiger partial charge on any atom is -0.241 e. The molecule has 0 saturated carbocycles. The average Bonchev–Trinajstić information content (AvgIpc) is 2.89. The normalized spacial score (nSPS) is 9.94. The van der Waals surface area contributed by atoms with Crippen molar-refractivity contribution in [3.63, 3.8) is 0 Å². The lowest BCUT2D eigenvalue weighted by Gasteiger charge is -2.01. The largest absolute Gasteiger partial charge is 0.241 e. The zero-order valence-corrected chi connectivity index (χ0v) is 21.8. The highest BCUT2D eigenvalue weighted by molar-refractivity contribution is 5.61. The van der Waals surface area contributed by atoms with E-state index in [4.69, 9.17) is 0 Å². The van der Waals surface area contributed by atoms with E-state index in [-0.39, 0.29) is 0 Å². The van der Waals surface area contributed by atoms with Crippen LogP contribution in [0.15, 0.2) is 85.7 Å². The third kappa shape index (κ3) is 8.47. The molecule has 0 amide bonds. The molecule has 3 heterocycles. The average molecular weight is 477 g/mol. The number of aromatic nitrogens is 6. The Morgan fingerprint density at radius 3 is 1.11 bits per heavy atom. The Labute approximate surface area is 213 Å². The van der Waals surface area contributed by atoms with Gasteiger partial charge in [-0.3, -0.25) is 0 Å². The maximum Gasteiger partial charge on any atom is 0.159 e. The highest BCUT2D eigenvalue weighted by Gasteiger charge is 1.99. The van der Waals surface area contributed by atoms with Crippen molar-refractivity contribution < 1.29 is 0 Å². The van der Waals surface area contributed by atoms with Crippen LogP contribution in [0.4, 0.5) is 0 Å². The van der Waals surface area contributed by atoms with Crippen molar-refractivity contribution in [2.24, 2.45) is 0 Å². The number of hydrogen-bond acceptors (Lipinski definition) is 6. The van der Waals surface area contributed by atoms with E-state index in [1.54, 1.807) is 0 Å². The molecule has 0 unspecified atom stereocenters. The van der Waals surface area contributed by atoms with Gasteiger partial charge < -0.3 is 0 Å². The monoisotopic (exact) mass is 476 g/mol. The van der Waals surface area contributed by atoms with E-state index in [1.165, 1.54) is 11.1 Å². The van der Waals surface area contributed by atoms with Gasteiger partial charge in [0, 0.05) is 48.3 Å². The highest BCUT2D eigenvalue weighted by atomic mass is 14.9. The molecule has 0 aliphatic heterocycles. The molecular weight excluding hydrogens is 444 g/mol. The smallest absolute Gasteiger partial charge is 0.159 e. The van der Waals surface area contributed by atoms with Gasteiger partial charge in [0.05, 0.1) is 0 Å². The molecule has 5 rings (SSSR count). The molecule has 0 radical (unpaired) electrons. The summed E-state index contributed by atoms with van der Waals surface area (Å²) in [6.07, 6.45) is 11.0. The molecule has 2 aromatic carbocycles. The Morgan fingerprint density at radius 2 is 0.694 bits per heavy atom. The maximum absolute atomic E-state index is 4.27. The number of aryl methyl sites for hydroxylation is 6. The van der Waals surface area contributed by atoms with Gasteiger partial charge in [0.2, 0.25) is 0 Å². The zero-order valence-electron chi connectivity index (χ0n) is 21.8. The van der Waals surface area contributed by atoms with Crippen LogP contribution >= 0.6 is 0 Å². The molecule has 182 valence electrons. The molecule has 0 bridgehead atoms. The fourth-order valence-corrected chi connectivity index (χ4v) is 2.99. The zero-order chi connectivity index (χ0) is 25.9. The maximum atomic E-state index is 4.27. The van der Waals surface area contributed by atoms with Crippen LogP contribution < -0.4 is 0 Å². The number of rotatable bonds is 2. The third-order valence-corrected chi connectivity index (χ3v) is 5.17. The number of nitrogens with zero attached hydrogens (tertiary/aromatic N) is 6. The summed E-state index contributed by atoms with van der Waals surface area (Å²) >= 11 is 0. The molecule has 0 saturated heterocycles. The van der Waals surface area contributed by atoms with Crippen LogP contribution in [0.2, 0.25) is 0 Å². The summed E-state index contributed by atoms with van der Waals surface area (Å²) in [7, 11) is 0. The Morgan fingerprint density at radius 1 is 0.333 bits per heavy atom. The summed E-state index contributed by atoms with van der Waals surface area (Å²) < 4.78 is 0. The Bertz CT molecular complexity index is 1130. The van der Waals surface area contributed by atoms with Gasteiger partial charge in [-0.05, 0) is 58.2 Å². The highest BCUT2D eigenvalue weighted by Crippen LogP contribution is 2.17. The summed E-state index contributed by atoms with van der Waals surface area (Å²) in [4.78, 5) is 24.8. The molecule has 0 atom stereocenters. The van der Waals surface area contributed by atoms with Crippen LogP contribution in [0.5, 0.6) is 0 Å². The van der Waals surface area contributed by atoms with Gasteiger partial charge >= 0.3 is 0 Å². The van der Waals surface area contributed by atoms with E-state index in [9.17, 15) is 0 Å². The second-order valence-corrected chi connectivity index (χ2v) is 8.64. The minimum absolute atomic E-state index is 0.788. The van der Waals surface area contributed by atoms with Crippen molar-refractivity contribution in [2.75, 3.05) is 0 Å². The summed E-state index contributed by atoms with van der Waals surface area (Å²) in [6.45, 7) is 11.9. The second kappa shape index (κ2) is 13.0. The van der Waals surface area contributed by atoms with Crippen LogP contribution in [0.25, 0.3) is 22.5 Å². The second-order valence-electron chi connectivity index (χ2n) is 8.64. The minimum atomic E-state index is 0.788. The topological polar surface area (TPSA) is 77.3 Å². The van der Waals surface area contributed by atoms with Gasteiger partial charge in [-0.2, -0.15) is 0 Å². The summed E-state index contributed by atoms with van der Waals surface area (Å²) in [5.74, 6) is 2.42. The van der Waals surface area contributed by atoms with Crippen LogP contribution in [0, 0.1) is 41.5 Å². The first-order valence-electron chi connectivity index (χ1n) is 11.8. The van der Waals surface area contributed by atoms with Crippen molar-refractivity contribution >= 4 is 0 Å². The van der Waals surface area contributed by atoms with Crippen LogP contribution in [-0.2, 0) is 0 Å². The van der Waals surface area contributed by atoms with E-state index in [0.29, 0.717) is 0 Å². The van der Waals surface area contributed by atoms with Crippen molar-refractivity contribution in [3.05, 3.63) is 120 Å². The third-order valence-electron chi connectivity index (χ3n) is 5.17. The fourth-order valence-electron chi connectivity index (χ4n) is 2.99. The molecule has 6 nitrogen and oxygen atoms in total. The predicted molar refractivity (Wildman–Crippen MR) is 145 cm³/mol. The Kier molecular flexibility index (Phi) is 9.46. The molecule has 5 aromatic rings. The first kappa shape index (κ1) is 26.3. The van der Waals surface area contributed by atoms with E-state index in [2.05, 4.69) is 80.1 Å². The number of benzene rings is 2. The van der Waals surface area contributed by atoms with E-state index >= 15 is 0 Å². The molecule has 0 fully saturated rings. The predicted octanol–water partition coefficient (Wildman–Crippen LogP) is 6.61. The lowest BCUT2D eigenvalue weighted by molar-refractivity contribution is 1.03. The molecule has 0 spiro atoms. The first-order chi connectivity index (χ1) is 17.3. The van der Waals surface area contributed by atoms with Crippen LogP contribution in [0.1, 0.15) is 33.9 Å². The molecule has 0 aliphatic carbocycles. The summed E-state index contributed by atoms with van der Waals surface area (Å²) in [6, 6.07) is 16.6. The standard InChI is InChI=1S/2C12H12N2.C6H8N2/c1-9-3-5-11(6-4-9)12-7-13-10(2)14-8-12;1-9-3-5-11(6-4-9)12-13-7-10(2)8-14-12;1-5-3-7-6(2)8-4-5/h2*3-8H,1-2H3;3-4H,1-2H3. The molecule has 0 N–H and O–H groups in total. The van der Waals surface area contributed by atoms with Crippen molar-refractivity contribution in [1.82, 2.24) is 29.9 Å². The van der Waals surface area contributed by atoms with Crippen LogP contribution in [0.3, 0.4) is 0 Å². The fraction of sp³-hybridized carbons (Fsp3) is 0.200. The van der Waals surface area contributed by atoms with Crippen molar-refractivity contribution in [1.29, 1.82) is 0 Å². The van der Waals surface area contributed by atoms with Crippen LogP contribution in [-0.4, -0.2) is 29.9 Å². The van der Waals surface area contributed by atoms with Crippen molar-refractivity contribution in [2.45, 2.75) is 41.5 Å². The molecule has 6 heteroatoms. The molecule has 0 aliphatic rings. The molecule has 36 heavy (non-hydrogen) atoms. The van der Waals surface area contributed by atoms with Gasteiger partial charge in [0.25, 0.3) is 0 Å². The van der Waals surface area contributed by atoms with E-state index in [0.717, 1.165) is 45.3 Å². The quantitative estimate of drug-likeness (QED) is 0.285.